The van der Waals surface area contributed by atoms with Gasteiger partial charge in [0.1, 0.15) is 12.4 Å². The first-order chi connectivity index (χ1) is 14.7. The Labute approximate surface area is 182 Å². The molecule has 1 fully saturated rings. The van der Waals surface area contributed by atoms with Crippen molar-refractivity contribution >= 4 is 27.6 Å². The number of rotatable bonds is 5. The van der Waals surface area contributed by atoms with Gasteiger partial charge in [0, 0.05) is 17.8 Å². The normalized spacial score (nSPS) is 22.9. The molecule has 0 aliphatic carbocycles. The van der Waals surface area contributed by atoms with Crippen molar-refractivity contribution in [2.45, 2.75) is 50.1 Å². The summed E-state index contributed by atoms with van der Waals surface area (Å²) in [6.45, 7) is 3.75. The van der Waals surface area contributed by atoms with Gasteiger partial charge in [0.25, 0.3) is 0 Å². The van der Waals surface area contributed by atoms with Gasteiger partial charge in [0.05, 0.1) is 31.3 Å². The molecule has 0 spiro atoms. The Balaban J connectivity index is 1.96. The molecule has 2 unspecified atom stereocenters. The lowest BCUT2D eigenvalue weighted by Gasteiger charge is -2.37. The summed E-state index contributed by atoms with van der Waals surface area (Å²) in [5.74, 6) is -1.41. The first kappa shape index (κ1) is 23.2. The molecule has 2 aliphatic heterocycles. The molecule has 2 atom stereocenters. The summed E-state index contributed by atoms with van der Waals surface area (Å²) in [6.07, 6.45) is 2.67. The van der Waals surface area contributed by atoms with Crippen LogP contribution >= 0.6 is 0 Å². The van der Waals surface area contributed by atoms with Crippen molar-refractivity contribution < 1.29 is 32.2 Å². The van der Waals surface area contributed by atoms with E-state index in [4.69, 9.17) is 14.2 Å². The second kappa shape index (κ2) is 9.37. The fourth-order valence-electron chi connectivity index (χ4n) is 4.14. The number of ether oxygens (including phenoxy) is 3. The monoisotopic (exact) mass is 452 g/mol. The number of hydrogen-bond donors (Lipinski definition) is 0. The van der Waals surface area contributed by atoms with E-state index in [1.807, 2.05) is 13.8 Å². The number of anilines is 1. The first-order valence-electron chi connectivity index (χ1n) is 10.1. The quantitative estimate of drug-likeness (QED) is 0.626. The fraction of sp³-hybridized carbons (Fsp3) is 0.524. The Morgan fingerprint density at radius 2 is 1.58 bits per heavy atom. The van der Waals surface area contributed by atoms with Crippen LogP contribution in [-0.2, 0) is 33.8 Å². The lowest BCUT2D eigenvalue weighted by molar-refractivity contribution is -0.140. The number of carbonyl (C=O) groups excluding carboxylic acids is 2. The van der Waals surface area contributed by atoms with E-state index in [2.05, 4.69) is 0 Å². The number of nitrogens with zero attached hydrogens (tertiary/aromatic N) is 2. The minimum Gasteiger partial charge on any atom is -0.466 e. The fourth-order valence-corrected chi connectivity index (χ4v) is 6.02. The van der Waals surface area contributed by atoms with Crippen LogP contribution in [-0.4, -0.2) is 64.3 Å². The van der Waals surface area contributed by atoms with Gasteiger partial charge in [-0.2, -0.15) is 4.31 Å². The second-order valence-corrected chi connectivity index (χ2v) is 9.52. The largest absolute Gasteiger partial charge is 0.466 e. The number of hydrogen-bond acceptors (Lipinski definition) is 8. The maximum absolute atomic E-state index is 13.2. The highest BCUT2D eigenvalue weighted by Crippen LogP contribution is 2.32. The number of methoxy groups -OCH3 is 2. The maximum atomic E-state index is 13.2. The Bertz CT molecular complexity index is 962. The third kappa shape index (κ3) is 4.46. The van der Waals surface area contributed by atoms with Crippen LogP contribution in [0.4, 0.5) is 5.69 Å². The third-order valence-electron chi connectivity index (χ3n) is 5.67. The van der Waals surface area contributed by atoms with E-state index < -0.39 is 22.0 Å². The van der Waals surface area contributed by atoms with E-state index in [1.165, 1.54) is 31.3 Å². The third-order valence-corrected chi connectivity index (χ3v) is 7.81. The van der Waals surface area contributed by atoms with Crippen molar-refractivity contribution in [3.63, 3.8) is 0 Å². The highest BCUT2D eigenvalue weighted by molar-refractivity contribution is 7.89. The van der Waals surface area contributed by atoms with Gasteiger partial charge in [-0.25, -0.2) is 18.0 Å². The molecule has 170 valence electrons. The molecule has 9 nitrogen and oxygen atoms in total. The molecule has 31 heavy (non-hydrogen) atoms. The number of esters is 2. The average Bonchev–Trinajstić information content (AvgIpc) is 2.77. The van der Waals surface area contributed by atoms with E-state index in [1.54, 1.807) is 16.4 Å². The first-order valence-corrected chi connectivity index (χ1v) is 11.5. The zero-order chi connectivity index (χ0) is 22.8. The van der Waals surface area contributed by atoms with Crippen LogP contribution in [0.2, 0.25) is 0 Å². The van der Waals surface area contributed by atoms with Crippen molar-refractivity contribution in [3.8, 4) is 0 Å². The summed E-state index contributed by atoms with van der Waals surface area (Å²) >= 11 is 0. The Kier molecular flexibility index (Phi) is 7.03. The van der Waals surface area contributed by atoms with Crippen molar-refractivity contribution in [1.29, 1.82) is 0 Å². The van der Waals surface area contributed by atoms with Crippen molar-refractivity contribution in [3.05, 3.63) is 35.5 Å². The molecule has 10 heteroatoms. The molecular formula is C21H28N2O7S. The molecule has 0 aromatic heterocycles. The number of piperidine rings is 1. The predicted octanol–water partition coefficient (Wildman–Crippen LogP) is 2.03. The van der Waals surface area contributed by atoms with Crippen molar-refractivity contribution in [1.82, 2.24) is 4.31 Å². The number of sulfonamides is 1. The summed E-state index contributed by atoms with van der Waals surface area (Å²) in [5.41, 5.74) is 0.531. The van der Waals surface area contributed by atoms with E-state index in [-0.39, 0.29) is 41.6 Å². The van der Waals surface area contributed by atoms with E-state index in [0.29, 0.717) is 5.69 Å². The van der Waals surface area contributed by atoms with Gasteiger partial charge < -0.3 is 19.1 Å². The summed E-state index contributed by atoms with van der Waals surface area (Å²) in [4.78, 5) is 26.2. The molecule has 1 aromatic rings. The van der Waals surface area contributed by atoms with Crippen LogP contribution < -0.4 is 4.90 Å². The molecular weight excluding hydrogens is 424 g/mol. The lowest BCUT2D eigenvalue weighted by Crippen LogP contribution is -2.47. The van der Waals surface area contributed by atoms with Gasteiger partial charge in [-0.05, 0) is 51.0 Å². The highest BCUT2D eigenvalue weighted by atomic mass is 32.2. The van der Waals surface area contributed by atoms with Gasteiger partial charge in [-0.1, -0.05) is 6.42 Å². The topological polar surface area (TPSA) is 102 Å². The molecule has 1 aromatic carbocycles. The molecule has 0 amide bonds. The van der Waals surface area contributed by atoms with Gasteiger partial charge >= 0.3 is 11.9 Å². The zero-order valence-corrected chi connectivity index (χ0v) is 19.0. The van der Waals surface area contributed by atoms with E-state index in [9.17, 15) is 18.0 Å². The molecule has 0 bridgehead atoms. The highest BCUT2D eigenvalue weighted by Gasteiger charge is 2.36. The van der Waals surface area contributed by atoms with Crippen LogP contribution in [0.1, 0.15) is 33.1 Å². The summed E-state index contributed by atoms with van der Waals surface area (Å²) in [5, 5.41) is 0. The minimum absolute atomic E-state index is 0.00276. The minimum atomic E-state index is -3.66. The molecule has 0 N–H and O–H groups in total. The average molecular weight is 453 g/mol. The zero-order valence-electron chi connectivity index (χ0n) is 18.2. The van der Waals surface area contributed by atoms with Crippen LogP contribution in [0.15, 0.2) is 40.4 Å². The Morgan fingerprint density at radius 3 is 2.13 bits per heavy atom. The lowest BCUT2D eigenvalue weighted by atomic mass is 10.0. The van der Waals surface area contributed by atoms with Gasteiger partial charge in [0.2, 0.25) is 10.0 Å². The van der Waals surface area contributed by atoms with E-state index in [0.717, 1.165) is 19.3 Å². The molecule has 1 saturated heterocycles. The van der Waals surface area contributed by atoms with Crippen LogP contribution in [0, 0.1) is 0 Å². The van der Waals surface area contributed by atoms with Crippen LogP contribution in [0.3, 0.4) is 0 Å². The summed E-state index contributed by atoms with van der Waals surface area (Å²) < 4.78 is 43.1. The van der Waals surface area contributed by atoms with Crippen molar-refractivity contribution in [2.24, 2.45) is 0 Å². The molecule has 0 saturated carbocycles. The van der Waals surface area contributed by atoms with Gasteiger partial charge in [-0.15, -0.1) is 0 Å². The Hall–Kier alpha value is -2.43. The maximum Gasteiger partial charge on any atom is 0.355 e. The summed E-state index contributed by atoms with van der Waals surface area (Å²) in [7, 11) is -1.23. The molecule has 2 heterocycles. The van der Waals surface area contributed by atoms with Gasteiger partial charge in [-0.3, -0.25) is 0 Å². The van der Waals surface area contributed by atoms with E-state index >= 15 is 0 Å². The Morgan fingerprint density at radius 1 is 1.00 bits per heavy atom. The predicted molar refractivity (Wildman–Crippen MR) is 113 cm³/mol. The van der Waals surface area contributed by atoms with Crippen LogP contribution in [0.5, 0.6) is 0 Å². The smallest absolute Gasteiger partial charge is 0.355 e. The second-order valence-electron chi connectivity index (χ2n) is 7.67. The number of benzene rings is 1. The number of carbonyl (C=O) groups is 2. The van der Waals surface area contributed by atoms with Crippen molar-refractivity contribution in [2.75, 3.05) is 32.5 Å². The summed E-state index contributed by atoms with van der Waals surface area (Å²) in [6, 6.07) is 6.03. The standard InChI is InChI=1S/C21H28N2O7S/c1-14-6-5-7-15(2)23(14)31(26,27)17-10-8-16(9-11-17)22-13-30-12-18(20(24)28-3)19(22)21(25)29-4/h8-11,14-15H,5-7,12-13H2,1-4H3. The molecule has 2 aliphatic rings. The molecule has 3 rings (SSSR count). The van der Waals surface area contributed by atoms with Gasteiger partial charge in [0.15, 0.2) is 0 Å². The molecule has 0 radical (unpaired) electrons. The SMILES string of the molecule is COC(=O)C1=C(C(=O)OC)N(c2ccc(S(=O)(=O)N3C(C)CCCC3C)cc2)COC1. The van der Waals surface area contributed by atoms with Crippen LogP contribution in [0.25, 0.3) is 0 Å².